The highest BCUT2D eigenvalue weighted by Gasteiger charge is 2.30. The number of hydrogen-bond acceptors (Lipinski definition) is 4. The zero-order valence-corrected chi connectivity index (χ0v) is 16.5. The average Bonchev–Trinajstić information content (AvgIpc) is 3.30. The summed E-state index contributed by atoms with van der Waals surface area (Å²) in [6.45, 7) is 1.44. The van der Waals surface area contributed by atoms with Gasteiger partial charge in [-0.1, -0.05) is 42.5 Å². The summed E-state index contributed by atoms with van der Waals surface area (Å²) in [6, 6.07) is 16.2. The first-order chi connectivity index (χ1) is 15.0. The van der Waals surface area contributed by atoms with Gasteiger partial charge in [0, 0.05) is 42.7 Å². The van der Waals surface area contributed by atoms with Crippen molar-refractivity contribution in [1.29, 1.82) is 0 Å². The fourth-order valence-corrected chi connectivity index (χ4v) is 3.15. The minimum atomic E-state index is -4.42. The molecule has 0 aliphatic rings. The largest absolute Gasteiger partial charge is 0.416 e. The van der Waals surface area contributed by atoms with Crippen LogP contribution in [0.15, 0.2) is 79.4 Å². The van der Waals surface area contributed by atoms with E-state index in [2.05, 4.69) is 20.3 Å². The molecule has 4 aromatic rings. The Morgan fingerprint density at radius 3 is 2.45 bits per heavy atom. The van der Waals surface area contributed by atoms with Gasteiger partial charge in [-0.15, -0.1) is 0 Å². The van der Waals surface area contributed by atoms with Crippen LogP contribution in [0.4, 0.5) is 19.0 Å². The van der Waals surface area contributed by atoms with Crippen molar-refractivity contribution in [3.63, 3.8) is 0 Å². The van der Waals surface area contributed by atoms with Crippen molar-refractivity contribution in [1.82, 2.24) is 19.5 Å². The predicted molar refractivity (Wildman–Crippen MR) is 113 cm³/mol. The number of benzene rings is 2. The predicted octanol–water partition coefficient (Wildman–Crippen LogP) is 5.53. The molecule has 8 heteroatoms. The summed E-state index contributed by atoms with van der Waals surface area (Å²) in [5, 5.41) is 3.27. The number of rotatable bonds is 7. The molecule has 0 radical (unpaired) electrons. The first-order valence-corrected chi connectivity index (χ1v) is 9.81. The Hall–Kier alpha value is -3.68. The first-order valence-electron chi connectivity index (χ1n) is 9.81. The van der Waals surface area contributed by atoms with Crippen LogP contribution in [0.1, 0.15) is 12.0 Å². The Kier molecular flexibility index (Phi) is 5.97. The van der Waals surface area contributed by atoms with Crippen LogP contribution in [0.2, 0.25) is 0 Å². The van der Waals surface area contributed by atoms with Gasteiger partial charge >= 0.3 is 6.18 Å². The molecule has 5 nitrogen and oxygen atoms in total. The molecule has 158 valence electrons. The van der Waals surface area contributed by atoms with E-state index in [1.54, 1.807) is 24.7 Å². The van der Waals surface area contributed by atoms with Crippen molar-refractivity contribution in [2.24, 2.45) is 0 Å². The van der Waals surface area contributed by atoms with E-state index in [9.17, 15) is 13.2 Å². The minimum Gasteiger partial charge on any atom is -0.370 e. The number of nitrogens with zero attached hydrogens (tertiary/aromatic N) is 4. The van der Waals surface area contributed by atoms with Gasteiger partial charge in [0.25, 0.3) is 0 Å². The molecule has 2 aromatic carbocycles. The highest BCUT2D eigenvalue weighted by atomic mass is 19.4. The number of alkyl halides is 3. The van der Waals surface area contributed by atoms with Gasteiger partial charge < -0.3 is 9.88 Å². The summed E-state index contributed by atoms with van der Waals surface area (Å²) < 4.78 is 41.5. The molecular formula is C23H20F3N5. The summed E-state index contributed by atoms with van der Waals surface area (Å²) in [4.78, 5) is 13.1. The molecule has 0 unspecified atom stereocenters. The summed E-state index contributed by atoms with van der Waals surface area (Å²) in [7, 11) is 0. The monoisotopic (exact) mass is 423 g/mol. The third-order valence-electron chi connectivity index (χ3n) is 4.70. The van der Waals surface area contributed by atoms with Crippen molar-refractivity contribution in [3.05, 3.63) is 84.9 Å². The van der Waals surface area contributed by atoms with Gasteiger partial charge in [0.15, 0.2) is 5.82 Å². The number of imidazole rings is 1. The highest BCUT2D eigenvalue weighted by Crippen LogP contribution is 2.32. The second-order valence-electron chi connectivity index (χ2n) is 6.99. The van der Waals surface area contributed by atoms with Crippen LogP contribution in [0, 0.1) is 0 Å². The second kappa shape index (κ2) is 8.99. The minimum absolute atomic E-state index is 0.385. The third-order valence-corrected chi connectivity index (χ3v) is 4.70. The van der Waals surface area contributed by atoms with E-state index in [-0.39, 0.29) is 0 Å². The van der Waals surface area contributed by atoms with Crippen LogP contribution in [0.5, 0.6) is 0 Å². The lowest BCUT2D eigenvalue weighted by atomic mass is 10.1. The van der Waals surface area contributed by atoms with Crippen LogP contribution in [0.3, 0.4) is 0 Å². The van der Waals surface area contributed by atoms with Gasteiger partial charge in [0.1, 0.15) is 5.82 Å². The van der Waals surface area contributed by atoms with Gasteiger partial charge in [0.2, 0.25) is 0 Å². The molecule has 0 fully saturated rings. The fourth-order valence-electron chi connectivity index (χ4n) is 3.15. The van der Waals surface area contributed by atoms with Crippen LogP contribution >= 0.6 is 0 Å². The maximum Gasteiger partial charge on any atom is 0.416 e. The Bertz CT molecular complexity index is 1130. The van der Waals surface area contributed by atoms with E-state index >= 15 is 0 Å². The van der Waals surface area contributed by atoms with Crippen molar-refractivity contribution in [2.75, 3.05) is 11.9 Å². The lowest BCUT2D eigenvalue weighted by Crippen LogP contribution is -2.08. The molecular weight excluding hydrogens is 403 g/mol. The van der Waals surface area contributed by atoms with Crippen LogP contribution in [-0.4, -0.2) is 26.1 Å². The topological polar surface area (TPSA) is 55.6 Å². The molecule has 2 aromatic heterocycles. The standard InChI is InChI=1S/C23H20F3N5/c24-23(25,26)19-9-4-8-18(14-19)20-15-21(28-10-5-12-31-13-11-27-16-31)30-22(29-20)17-6-2-1-3-7-17/h1-4,6-9,11,13-16H,5,10,12H2,(H,28,29,30). The molecule has 0 aliphatic carbocycles. The van der Waals surface area contributed by atoms with Crippen molar-refractivity contribution < 1.29 is 13.2 Å². The van der Waals surface area contributed by atoms with E-state index < -0.39 is 11.7 Å². The van der Waals surface area contributed by atoms with Gasteiger partial charge in [-0.2, -0.15) is 13.2 Å². The van der Waals surface area contributed by atoms with E-state index in [0.29, 0.717) is 29.4 Å². The maximum absolute atomic E-state index is 13.2. The molecule has 1 N–H and O–H groups in total. The van der Waals surface area contributed by atoms with Gasteiger partial charge in [-0.3, -0.25) is 0 Å². The molecule has 31 heavy (non-hydrogen) atoms. The van der Waals surface area contributed by atoms with Crippen molar-refractivity contribution in [3.8, 4) is 22.6 Å². The van der Waals surface area contributed by atoms with Gasteiger partial charge in [-0.25, -0.2) is 15.0 Å². The van der Waals surface area contributed by atoms with E-state index in [1.165, 1.54) is 6.07 Å². The number of nitrogens with one attached hydrogen (secondary N) is 1. The molecule has 0 atom stereocenters. The second-order valence-corrected chi connectivity index (χ2v) is 6.99. The SMILES string of the molecule is FC(F)(F)c1cccc(-c2cc(NCCCn3ccnc3)nc(-c3ccccc3)n2)c1. The summed E-state index contributed by atoms with van der Waals surface area (Å²) >= 11 is 0. The summed E-state index contributed by atoms with van der Waals surface area (Å²) in [5.74, 6) is 1.01. The third kappa shape index (κ3) is 5.28. The molecule has 2 heterocycles. The normalized spacial score (nSPS) is 11.5. The van der Waals surface area contributed by atoms with Crippen molar-refractivity contribution in [2.45, 2.75) is 19.1 Å². The summed E-state index contributed by atoms with van der Waals surface area (Å²) in [6.07, 6.45) is 1.79. The highest BCUT2D eigenvalue weighted by molar-refractivity contribution is 5.68. The molecule has 0 aliphatic heterocycles. The Morgan fingerprint density at radius 1 is 0.903 bits per heavy atom. The Morgan fingerprint density at radius 2 is 1.71 bits per heavy atom. The van der Waals surface area contributed by atoms with Crippen LogP contribution < -0.4 is 5.32 Å². The van der Waals surface area contributed by atoms with Crippen molar-refractivity contribution >= 4 is 5.82 Å². The number of aromatic nitrogens is 4. The Labute approximate surface area is 177 Å². The quantitative estimate of drug-likeness (QED) is 0.397. The van der Waals surface area contributed by atoms with Crippen LogP contribution in [0.25, 0.3) is 22.6 Å². The maximum atomic E-state index is 13.2. The lowest BCUT2D eigenvalue weighted by molar-refractivity contribution is -0.137. The zero-order chi connectivity index (χ0) is 21.7. The molecule has 0 amide bonds. The summed E-state index contributed by atoms with van der Waals surface area (Å²) in [5.41, 5.74) is 0.894. The number of aryl methyl sites for hydroxylation is 1. The Balaban J connectivity index is 1.62. The van der Waals surface area contributed by atoms with Crippen LogP contribution in [-0.2, 0) is 12.7 Å². The van der Waals surface area contributed by atoms with Gasteiger partial charge in [-0.05, 0) is 18.6 Å². The first kappa shape index (κ1) is 20.6. The molecule has 0 bridgehead atoms. The lowest BCUT2D eigenvalue weighted by Gasteiger charge is -2.12. The zero-order valence-electron chi connectivity index (χ0n) is 16.5. The molecule has 4 rings (SSSR count). The average molecular weight is 423 g/mol. The number of anilines is 1. The number of hydrogen-bond donors (Lipinski definition) is 1. The fraction of sp³-hybridized carbons (Fsp3) is 0.174. The van der Waals surface area contributed by atoms with Gasteiger partial charge in [0.05, 0.1) is 17.6 Å². The number of halogens is 3. The van der Waals surface area contributed by atoms with E-state index in [0.717, 1.165) is 30.7 Å². The van der Waals surface area contributed by atoms with E-state index in [4.69, 9.17) is 0 Å². The van der Waals surface area contributed by atoms with E-state index in [1.807, 2.05) is 41.1 Å². The molecule has 0 spiro atoms. The molecule has 0 saturated heterocycles. The molecule has 0 saturated carbocycles. The smallest absolute Gasteiger partial charge is 0.370 e.